The Kier molecular flexibility index (Phi) is 32.4. The highest BCUT2D eigenvalue weighted by molar-refractivity contribution is 7.85. The predicted molar refractivity (Wildman–Crippen MR) is 198 cm³/mol. The number of hydrogen-bond acceptors (Lipinski definition) is 4. The Morgan fingerprint density at radius 2 is 0.935 bits per heavy atom. The number of allylic oxidation sites excluding steroid dienone is 5. The zero-order valence-electron chi connectivity index (χ0n) is 29.9. The zero-order valence-corrected chi connectivity index (χ0v) is 30.8. The van der Waals surface area contributed by atoms with Crippen LogP contribution in [0, 0.1) is 0 Å². The molecule has 0 saturated carbocycles. The molecule has 0 heterocycles. The lowest BCUT2D eigenvalue weighted by Crippen LogP contribution is -2.46. The minimum absolute atomic E-state index is 0.278. The Bertz CT molecular complexity index is 868. The molecule has 6 nitrogen and oxygen atoms in total. The van der Waals surface area contributed by atoms with Gasteiger partial charge < -0.3 is 10.4 Å². The van der Waals surface area contributed by atoms with Gasteiger partial charge in [0, 0.05) is 6.42 Å². The molecule has 0 spiro atoms. The standard InChI is InChI=1S/C39H73NO5S/c1-3-5-7-9-11-13-15-17-19-21-22-24-26-28-30-32-34-38(41)37(36-46(43,44)45)40-39(42)35-33-31-29-27-25-23-20-18-16-14-12-10-8-6-4-2/h18,20,24,26,32,34,37-38,41H,3-17,19,21-23,25,27-31,33,35-36H2,1-2H3,(H,40,42)(H,43,44,45)/b20-18-,26-24+,34-32+. The normalized spacial score (nSPS) is 13.7. The number of nitrogens with one attached hydrogen (secondary N) is 1. The number of amides is 1. The number of unbranched alkanes of at least 4 members (excludes halogenated alkanes) is 22. The Hall–Kier alpha value is -1.44. The fourth-order valence-electron chi connectivity index (χ4n) is 5.64. The van der Waals surface area contributed by atoms with Crippen LogP contribution in [0.25, 0.3) is 0 Å². The molecule has 0 bridgehead atoms. The highest BCUT2D eigenvalue weighted by Gasteiger charge is 2.24. The van der Waals surface area contributed by atoms with Gasteiger partial charge in [0.25, 0.3) is 10.1 Å². The van der Waals surface area contributed by atoms with E-state index < -0.39 is 28.0 Å². The summed E-state index contributed by atoms with van der Waals surface area (Å²) < 4.78 is 32.4. The van der Waals surface area contributed by atoms with Crippen molar-refractivity contribution in [2.45, 2.75) is 199 Å². The monoisotopic (exact) mass is 668 g/mol. The molecule has 0 radical (unpaired) electrons. The second-order valence-corrected chi connectivity index (χ2v) is 14.7. The third-order valence-corrected chi connectivity index (χ3v) is 9.32. The maximum atomic E-state index is 12.5. The largest absolute Gasteiger partial charge is 0.387 e. The van der Waals surface area contributed by atoms with Crippen molar-refractivity contribution in [1.82, 2.24) is 5.32 Å². The summed E-state index contributed by atoms with van der Waals surface area (Å²) in [5.41, 5.74) is 0. The van der Waals surface area contributed by atoms with Crippen molar-refractivity contribution in [2.75, 3.05) is 5.75 Å². The van der Waals surface area contributed by atoms with Crippen molar-refractivity contribution in [2.24, 2.45) is 0 Å². The van der Waals surface area contributed by atoms with Gasteiger partial charge in [-0.15, -0.1) is 0 Å². The van der Waals surface area contributed by atoms with Crippen molar-refractivity contribution in [3.8, 4) is 0 Å². The minimum atomic E-state index is -4.35. The fourth-order valence-corrected chi connectivity index (χ4v) is 6.37. The molecule has 0 aliphatic rings. The smallest absolute Gasteiger partial charge is 0.267 e. The average molecular weight is 668 g/mol. The molecule has 0 rings (SSSR count). The van der Waals surface area contributed by atoms with Gasteiger partial charge in [-0.05, 0) is 57.8 Å². The summed E-state index contributed by atoms with van der Waals surface area (Å²) in [6.45, 7) is 4.50. The van der Waals surface area contributed by atoms with E-state index in [1.165, 1.54) is 115 Å². The second-order valence-electron chi connectivity index (χ2n) is 13.2. The van der Waals surface area contributed by atoms with Crippen LogP contribution in [0.1, 0.15) is 187 Å². The van der Waals surface area contributed by atoms with E-state index in [1.54, 1.807) is 0 Å². The molecule has 0 aliphatic heterocycles. The lowest BCUT2D eigenvalue weighted by Gasteiger charge is -2.21. The van der Waals surface area contributed by atoms with Gasteiger partial charge in [0.05, 0.1) is 17.9 Å². The van der Waals surface area contributed by atoms with Gasteiger partial charge in [0.1, 0.15) is 0 Å². The summed E-state index contributed by atoms with van der Waals surface area (Å²) in [6.07, 6.45) is 42.7. The molecule has 0 aromatic heterocycles. The average Bonchev–Trinajstić information content (AvgIpc) is 3.01. The Morgan fingerprint density at radius 3 is 1.37 bits per heavy atom. The zero-order chi connectivity index (χ0) is 34.0. The molecule has 46 heavy (non-hydrogen) atoms. The number of aliphatic hydroxyl groups excluding tert-OH is 1. The first kappa shape index (κ1) is 44.6. The molecule has 0 aliphatic carbocycles. The van der Waals surface area contributed by atoms with Gasteiger partial charge in [0.2, 0.25) is 5.91 Å². The number of rotatable bonds is 34. The van der Waals surface area contributed by atoms with E-state index in [1.807, 2.05) is 6.08 Å². The minimum Gasteiger partial charge on any atom is -0.387 e. The third-order valence-electron chi connectivity index (χ3n) is 8.54. The summed E-state index contributed by atoms with van der Waals surface area (Å²) in [6, 6.07) is -1.08. The number of carbonyl (C=O) groups excluding carboxylic acids is 1. The van der Waals surface area contributed by atoms with Crippen molar-refractivity contribution in [3.05, 3.63) is 36.5 Å². The number of carbonyl (C=O) groups is 1. The quantitative estimate of drug-likeness (QED) is 0.0360. The van der Waals surface area contributed by atoms with Crippen LogP contribution in [0.15, 0.2) is 36.5 Å². The van der Waals surface area contributed by atoms with E-state index in [4.69, 9.17) is 0 Å². The highest BCUT2D eigenvalue weighted by Crippen LogP contribution is 2.13. The summed E-state index contributed by atoms with van der Waals surface area (Å²) in [5, 5.41) is 13.2. The lowest BCUT2D eigenvalue weighted by molar-refractivity contribution is -0.122. The fraction of sp³-hybridized carbons (Fsp3) is 0.821. The molecule has 7 heteroatoms. The summed E-state index contributed by atoms with van der Waals surface area (Å²) in [4.78, 5) is 12.5. The molecule has 3 N–H and O–H groups in total. The van der Waals surface area contributed by atoms with Crippen LogP contribution in [0.3, 0.4) is 0 Å². The van der Waals surface area contributed by atoms with Crippen molar-refractivity contribution in [3.63, 3.8) is 0 Å². The molecule has 0 aromatic rings. The predicted octanol–water partition coefficient (Wildman–Crippen LogP) is 11.0. The van der Waals surface area contributed by atoms with Crippen LogP contribution >= 0.6 is 0 Å². The topological polar surface area (TPSA) is 104 Å². The van der Waals surface area contributed by atoms with Crippen molar-refractivity contribution < 1.29 is 22.9 Å². The van der Waals surface area contributed by atoms with Gasteiger partial charge in [0.15, 0.2) is 0 Å². The summed E-state index contributed by atoms with van der Waals surface area (Å²) >= 11 is 0. The number of hydrogen-bond donors (Lipinski definition) is 3. The van der Waals surface area contributed by atoms with Crippen LogP contribution in [0.2, 0.25) is 0 Å². The molecule has 1 amide bonds. The van der Waals surface area contributed by atoms with E-state index in [0.29, 0.717) is 6.42 Å². The van der Waals surface area contributed by atoms with E-state index in [-0.39, 0.29) is 12.3 Å². The van der Waals surface area contributed by atoms with E-state index in [0.717, 1.165) is 51.4 Å². The van der Waals surface area contributed by atoms with Crippen LogP contribution in [-0.4, -0.2) is 41.9 Å². The van der Waals surface area contributed by atoms with Crippen LogP contribution in [-0.2, 0) is 14.9 Å². The molecule has 0 fully saturated rings. The SMILES string of the molecule is CCCCCCCC/C=C\CCCCCCCC(=O)NC(CS(=O)(=O)O)C(O)/C=C/CC/C=C/CCCCCCCCCCCC. The van der Waals surface area contributed by atoms with Gasteiger partial charge >= 0.3 is 0 Å². The Labute approximate surface area is 285 Å². The van der Waals surface area contributed by atoms with Crippen molar-refractivity contribution >= 4 is 16.0 Å². The second kappa shape index (κ2) is 33.5. The summed E-state index contributed by atoms with van der Waals surface area (Å²) in [7, 11) is -4.35. The molecule has 0 saturated heterocycles. The lowest BCUT2D eigenvalue weighted by atomic mass is 10.1. The van der Waals surface area contributed by atoms with Gasteiger partial charge in [-0.2, -0.15) is 8.42 Å². The molecule has 2 unspecified atom stereocenters. The number of aliphatic hydroxyl groups is 1. The molecule has 0 aromatic carbocycles. The first-order chi connectivity index (χ1) is 22.3. The van der Waals surface area contributed by atoms with E-state index in [2.05, 4.69) is 43.5 Å². The maximum Gasteiger partial charge on any atom is 0.267 e. The molecular weight excluding hydrogens is 594 g/mol. The maximum absolute atomic E-state index is 12.5. The molecule has 270 valence electrons. The molecular formula is C39H73NO5S. The first-order valence-corrected chi connectivity index (χ1v) is 20.8. The van der Waals surface area contributed by atoms with Crippen LogP contribution < -0.4 is 5.32 Å². The van der Waals surface area contributed by atoms with Gasteiger partial charge in [-0.25, -0.2) is 0 Å². The Balaban J connectivity index is 4.03. The van der Waals surface area contributed by atoms with Crippen molar-refractivity contribution in [1.29, 1.82) is 0 Å². The molecule has 2 atom stereocenters. The highest BCUT2D eigenvalue weighted by atomic mass is 32.2. The van der Waals surface area contributed by atoms with E-state index >= 15 is 0 Å². The Morgan fingerprint density at radius 1 is 0.565 bits per heavy atom. The first-order valence-electron chi connectivity index (χ1n) is 19.2. The van der Waals surface area contributed by atoms with Crippen LogP contribution in [0.5, 0.6) is 0 Å². The van der Waals surface area contributed by atoms with Gasteiger partial charge in [-0.1, -0.05) is 159 Å². The third kappa shape index (κ3) is 33.9. The van der Waals surface area contributed by atoms with E-state index in [9.17, 15) is 22.9 Å². The summed E-state index contributed by atoms with van der Waals surface area (Å²) in [5.74, 6) is -1.01. The van der Waals surface area contributed by atoms with Gasteiger partial charge in [-0.3, -0.25) is 9.35 Å². The van der Waals surface area contributed by atoms with Crippen LogP contribution in [0.4, 0.5) is 0 Å².